The van der Waals surface area contributed by atoms with Gasteiger partial charge in [-0.25, -0.2) is 4.79 Å². The Labute approximate surface area is 262 Å². The molecule has 0 unspecified atom stereocenters. The van der Waals surface area contributed by atoms with Crippen LogP contribution >= 0.6 is 0 Å². The Morgan fingerprint density at radius 2 is 1.34 bits per heavy atom. The molecule has 0 fully saturated rings. The average Bonchev–Trinajstić information content (AvgIpc) is 2.95. The molecule has 3 aromatic rings. The van der Waals surface area contributed by atoms with E-state index in [4.69, 9.17) is 9.47 Å². The molecular weight excluding hydrogens is 552 g/mol. The highest BCUT2D eigenvalue weighted by Crippen LogP contribution is 2.22. The van der Waals surface area contributed by atoms with Gasteiger partial charge in [-0.2, -0.15) is 0 Å². The van der Waals surface area contributed by atoms with Crippen molar-refractivity contribution in [1.82, 2.24) is 10.6 Å². The number of carbonyl (C=O) groups is 3. The van der Waals surface area contributed by atoms with Crippen LogP contribution < -0.4 is 15.4 Å². The summed E-state index contributed by atoms with van der Waals surface area (Å²) in [6.45, 7) is 16.1. The first-order valence-electron chi connectivity index (χ1n) is 15.3. The van der Waals surface area contributed by atoms with Gasteiger partial charge in [0, 0.05) is 12.0 Å². The first kappa shape index (κ1) is 34.4. The zero-order valence-corrected chi connectivity index (χ0v) is 27.4. The van der Waals surface area contributed by atoms with Crippen molar-refractivity contribution in [3.8, 4) is 5.75 Å². The van der Waals surface area contributed by atoms with Crippen LogP contribution in [-0.4, -0.2) is 35.5 Å². The minimum atomic E-state index is -0.949. The number of ether oxygens (including phenoxy) is 2. The molecule has 0 radical (unpaired) electrons. The Hall–Kier alpha value is -4.13. The topological polar surface area (TPSA) is 93.7 Å². The van der Waals surface area contributed by atoms with E-state index in [1.807, 2.05) is 80.6 Å². The largest absolute Gasteiger partial charge is 0.489 e. The number of benzene rings is 3. The number of carbonyl (C=O) groups excluding carboxylic acids is 3. The molecule has 2 atom stereocenters. The molecule has 0 aromatic heterocycles. The predicted octanol–water partition coefficient (Wildman–Crippen LogP) is 6.78. The molecule has 236 valence electrons. The van der Waals surface area contributed by atoms with Gasteiger partial charge in [0.25, 0.3) is 5.91 Å². The van der Waals surface area contributed by atoms with Gasteiger partial charge in [0.05, 0.1) is 0 Å². The molecule has 0 aliphatic heterocycles. The zero-order chi connectivity index (χ0) is 32.5. The van der Waals surface area contributed by atoms with Crippen LogP contribution in [0.4, 0.5) is 0 Å². The molecule has 7 nitrogen and oxygen atoms in total. The second kappa shape index (κ2) is 15.0. The quantitative estimate of drug-likeness (QED) is 0.224. The fourth-order valence-corrected chi connectivity index (χ4v) is 4.60. The molecule has 3 aromatic carbocycles. The van der Waals surface area contributed by atoms with Crippen molar-refractivity contribution in [3.05, 3.63) is 101 Å². The third-order valence-electron chi connectivity index (χ3n) is 6.96. The lowest BCUT2D eigenvalue weighted by molar-refractivity contribution is -0.158. The van der Waals surface area contributed by atoms with Crippen molar-refractivity contribution in [2.45, 2.75) is 97.9 Å². The van der Waals surface area contributed by atoms with Crippen molar-refractivity contribution >= 4 is 17.8 Å². The number of rotatable bonds is 12. The van der Waals surface area contributed by atoms with Crippen LogP contribution in [0.2, 0.25) is 0 Å². The SMILES string of the molecule is CC(C)C[C@H](NC(=O)c1ccc(C(C)(C)C)cc1)C(=O)N[C@@H](Cc1ccc(OCc2ccccc2)cc1)C(=O)OC(C)(C)C. The van der Waals surface area contributed by atoms with Crippen molar-refractivity contribution in [2.24, 2.45) is 5.92 Å². The summed E-state index contributed by atoms with van der Waals surface area (Å²) in [7, 11) is 0. The molecule has 0 heterocycles. The van der Waals surface area contributed by atoms with Gasteiger partial charge in [0.15, 0.2) is 0 Å². The summed E-state index contributed by atoms with van der Waals surface area (Å²) >= 11 is 0. The van der Waals surface area contributed by atoms with Crippen molar-refractivity contribution in [2.75, 3.05) is 0 Å². The lowest BCUT2D eigenvalue weighted by atomic mass is 9.86. The molecule has 2 N–H and O–H groups in total. The molecular formula is C37H48N2O5. The second-order valence-corrected chi connectivity index (χ2v) is 13.7. The van der Waals surface area contributed by atoms with E-state index in [-0.39, 0.29) is 23.7 Å². The van der Waals surface area contributed by atoms with Gasteiger partial charge < -0.3 is 20.1 Å². The number of amides is 2. The number of hydrogen-bond acceptors (Lipinski definition) is 5. The van der Waals surface area contributed by atoms with E-state index in [2.05, 4.69) is 31.4 Å². The van der Waals surface area contributed by atoms with Gasteiger partial charge in [-0.05, 0) is 79.5 Å². The minimum Gasteiger partial charge on any atom is -0.489 e. The molecule has 0 spiro atoms. The van der Waals surface area contributed by atoms with E-state index >= 15 is 0 Å². The highest BCUT2D eigenvalue weighted by Gasteiger charge is 2.31. The first-order chi connectivity index (χ1) is 20.6. The summed E-state index contributed by atoms with van der Waals surface area (Å²) in [5.74, 6) is -0.491. The molecule has 0 saturated heterocycles. The summed E-state index contributed by atoms with van der Waals surface area (Å²) in [6.07, 6.45) is 0.627. The van der Waals surface area contributed by atoms with Crippen molar-refractivity contribution < 1.29 is 23.9 Å². The minimum absolute atomic E-state index is 0.0404. The summed E-state index contributed by atoms with van der Waals surface area (Å²) in [6, 6.07) is 23.0. The fraction of sp³-hybridized carbons (Fsp3) is 0.432. The Morgan fingerprint density at radius 3 is 1.89 bits per heavy atom. The maximum Gasteiger partial charge on any atom is 0.329 e. The zero-order valence-electron chi connectivity index (χ0n) is 27.4. The van der Waals surface area contributed by atoms with E-state index in [9.17, 15) is 14.4 Å². The van der Waals surface area contributed by atoms with E-state index in [1.54, 1.807) is 32.9 Å². The first-order valence-corrected chi connectivity index (χ1v) is 15.3. The van der Waals surface area contributed by atoms with E-state index in [0.717, 1.165) is 16.7 Å². The second-order valence-electron chi connectivity index (χ2n) is 13.7. The molecule has 0 bridgehead atoms. The van der Waals surface area contributed by atoms with Crippen molar-refractivity contribution in [3.63, 3.8) is 0 Å². The number of hydrogen-bond donors (Lipinski definition) is 2. The van der Waals surface area contributed by atoms with E-state index < -0.39 is 29.6 Å². The summed E-state index contributed by atoms with van der Waals surface area (Å²) in [5.41, 5.74) is 2.70. The monoisotopic (exact) mass is 600 g/mol. The maximum absolute atomic E-state index is 13.6. The summed E-state index contributed by atoms with van der Waals surface area (Å²) in [4.78, 5) is 40.1. The normalized spacial score (nSPS) is 13.1. The Bertz CT molecular complexity index is 1370. The smallest absolute Gasteiger partial charge is 0.329 e. The number of esters is 1. The van der Waals surface area contributed by atoms with Crippen molar-refractivity contribution in [1.29, 1.82) is 0 Å². The molecule has 0 aliphatic carbocycles. The Morgan fingerprint density at radius 1 is 0.727 bits per heavy atom. The highest BCUT2D eigenvalue weighted by molar-refractivity contribution is 5.98. The molecule has 0 saturated carbocycles. The Balaban J connectivity index is 1.74. The van der Waals surface area contributed by atoms with Gasteiger partial charge in [-0.1, -0.05) is 89.2 Å². The summed E-state index contributed by atoms with van der Waals surface area (Å²) in [5, 5.41) is 5.78. The number of nitrogens with one attached hydrogen (secondary N) is 2. The van der Waals surface area contributed by atoms with Gasteiger partial charge in [-0.3, -0.25) is 9.59 Å². The molecule has 0 aliphatic rings. The average molecular weight is 601 g/mol. The molecule has 44 heavy (non-hydrogen) atoms. The standard InChI is InChI=1S/C37H48N2O5/c1-25(2)22-31(38-33(40)28-16-18-29(19-17-28)36(3,4)5)34(41)39-32(35(42)44-37(6,7)8)23-26-14-20-30(21-15-26)43-24-27-12-10-9-11-13-27/h9-21,25,31-32H,22-24H2,1-8H3,(H,38,40)(H,39,41)/t31-,32-/m0/s1. The van der Waals surface area contributed by atoms with Crippen LogP contribution in [-0.2, 0) is 32.8 Å². The highest BCUT2D eigenvalue weighted by atomic mass is 16.6. The molecule has 2 amide bonds. The lowest BCUT2D eigenvalue weighted by Gasteiger charge is -2.27. The third kappa shape index (κ3) is 11.2. The third-order valence-corrected chi connectivity index (χ3v) is 6.96. The van der Waals surface area contributed by atoms with Crippen LogP contribution in [0.5, 0.6) is 5.75 Å². The summed E-state index contributed by atoms with van der Waals surface area (Å²) < 4.78 is 11.6. The Kier molecular flexibility index (Phi) is 11.7. The van der Waals surface area contributed by atoms with Gasteiger partial charge in [-0.15, -0.1) is 0 Å². The van der Waals surface area contributed by atoms with Gasteiger partial charge in [0.1, 0.15) is 30.0 Å². The van der Waals surface area contributed by atoms with Crippen LogP contribution in [0.25, 0.3) is 0 Å². The predicted molar refractivity (Wildman–Crippen MR) is 175 cm³/mol. The van der Waals surface area contributed by atoms with Crippen LogP contribution in [0.1, 0.15) is 88.9 Å². The maximum atomic E-state index is 13.6. The van der Waals surface area contributed by atoms with Gasteiger partial charge in [0.2, 0.25) is 5.91 Å². The van der Waals surface area contributed by atoms with Gasteiger partial charge >= 0.3 is 5.97 Å². The van der Waals surface area contributed by atoms with Crippen LogP contribution in [0, 0.1) is 5.92 Å². The molecule has 3 rings (SSSR count). The van der Waals surface area contributed by atoms with E-state index in [1.165, 1.54) is 0 Å². The lowest BCUT2D eigenvalue weighted by Crippen LogP contribution is -2.53. The van der Waals surface area contributed by atoms with E-state index in [0.29, 0.717) is 24.3 Å². The van der Waals surface area contributed by atoms with Crippen LogP contribution in [0.3, 0.4) is 0 Å². The molecule has 7 heteroatoms. The fourth-order valence-electron chi connectivity index (χ4n) is 4.60. The van der Waals surface area contributed by atoms with Crippen LogP contribution in [0.15, 0.2) is 78.9 Å².